The first-order chi connectivity index (χ1) is 9.99. The van der Waals surface area contributed by atoms with Gasteiger partial charge in [-0.25, -0.2) is 0 Å². The Morgan fingerprint density at radius 3 is 2.67 bits per heavy atom. The predicted octanol–water partition coefficient (Wildman–Crippen LogP) is 1.70. The first-order valence-corrected chi connectivity index (χ1v) is 7.77. The monoisotopic (exact) mass is 289 g/mol. The number of nitrogens with zero attached hydrogens (tertiary/aromatic N) is 2. The first kappa shape index (κ1) is 16.0. The number of likely N-dealkylation sites (N-methyl/N-ethyl adjacent to an activating group) is 1. The molecule has 0 saturated carbocycles. The van der Waals surface area contributed by atoms with Crippen LogP contribution in [0.4, 0.5) is 0 Å². The maximum atomic E-state index is 12.3. The van der Waals surface area contributed by atoms with Crippen LogP contribution in [0.3, 0.4) is 0 Å². The number of rotatable bonds is 5. The Morgan fingerprint density at radius 1 is 1.38 bits per heavy atom. The molecule has 0 aromatic heterocycles. The second-order valence-electron chi connectivity index (χ2n) is 6.40. The molecular formula is C17H27N3O. The number of hydrogen-bond donors (Lipinski definition) is 1. The quantitative estimate of drug-likeness (QED) is 0.897. The molecule has 1 unspecified atom stereocenters. The normalized spacial score (nSPS) is 20.3. The van der Waals surface area contributed by atoms with Crippen LogP contribution in [0, 0.1) is 5.92 Å². The Labute approximate surface area is 127 Å². The van der Waals surface area contributed by atoms with Crippen molar-refractivity contribution in [2.75, 3.05) is 20.1 Å². The van der Waals surface area contributed by atoms with Gasteiger partial charge in [0, 0.05) is 25.7 Å². The predicted molar refractivity (Wildman–Crippen MR) is 85.7 cm³/mol. The van der Waals surface area contributed by atoms with Crippen molar-refractivity contribution in [3.05, 3.63) is 35.9 Å². The lowest BCUT2D eigenvalue weighted by atomic mass is 10.0. The standard InChI is InChI=1S/C17H27N3O/c1-13(2)16(18)17(21)20-10-9-15(12-20)19(3)11-14-7-5-4-6-8-14/h4-8,13,15-16H,9-12,18H2,1-3H3/t15-,16?/m0/s1. The molecule has 0 spiro atoms. The first-order valence-electron chi connectivity index (χ1n) is 7.77. The van der Waals surface area contributed by atoms with E-state index in [1.807, 2.05) is 24.8 Å². The summed E-state index contributed by atoms with van der Waals surface area (Å²) in [6, 6.07) is 10.5. The van der Waals surface area contributed by atoms with Crippen molar-refractivity contribution in [3.8, 4) is 0 Å². The van der Waals surface area contributed by atoms with Crippen LogP contribution in [0.2, 0.25) is 0 Å². The Kier molecular flexibility index (Phi) is 5.37. The summed E-state index contributed by atoms with van der Waals surface area (Å²) in [6.45, 7) is 6.53. The van der Waals surface area contributed by atoms with E-state index >= 15 is 0 Å². The molecule has 2 rings (SSSR count). The lowest BCUT2D eigenvalue weighted by Gasteiger charge is -2.26. The Morgan fingerprint density at radius 2 is 2.05 bits per heavy atom. The summed E-state index contributed by atoms with van der Waals surface area (Å²) < 4.78 is 0. The van der Waals surface area contributed by atoms with Gasteiger partial charge >= 0.3 is 0 Å². The summed E-state index contributed by atoms with van der Waals surface area (Å²) in [5, 5.41) is 0. The van der Waals surface area contributed by atoms with E-state index in [1.165, 1.54) is 5.56 Å². The van der Waals surface area contributed by atoms with Crippen molar-refractivity contribution in [2.45, 2.75) is 38.9 Å². The van der Waals surface area contributed by atoms with Crippen molar-refractivity contribution in [3.63, 3.8) is 0 Å². The molecule has 1 heterocycles. The molecule has 1 aromatic carbocycles. The summed E-state index contributed by atoms with van der Waals surface area (Å²) in [5.74, 6) is 0.291. The minimum atomic E-state index is -0.372. The fourth-order valence-electron chi connectivity index (χ4n) is 2.80. The molecule has 0 radical (unpaired) electrons. The number of likely N-dealkylation sites (tertiary alicyclic amines) is 1. The van der Waals surface area contributed by atoms with Gasteiger partial charge < -0.3 is 10.6 Å². The smallest absolute Gasteiger partial charge is 0.239 e. The van der Waals surface area contributed by atoms with Gasteiger partial charge in [-0.3, -0.25) is 9.69 Å². The van der Waals surface area contributed by atoms with Crippen LogP contribution in [0.1, 0.15) is 25.8 Å². The molecule has 116 valence electrons. The molecule has 1 aliphatic rings. The van der Waals surface area contributed by atoms with Crippen molar-refractivity contribution in [2.24, 2.45) is 11.7 Å². The van der Waals surface area contributed by atoms with Crippen LogP contribution in [-0.2, 0) is 11.3 Å². The minimum Gasteiger partial charge on any atom is -0.340 e. The zero-order valence-electron chi connectivity index (χ0n) is 13.3. The van der Waals surface area contributed by atoms with Gasteiger partial charge in [0.15, 0.2) is 0 Å². The van der Waals surface area contributed by atoms with Crippen molar-refractivity contribution < 1.29 is 4.79 Å². The Balaban J connectivity index is 1.88. The third-order valence-electron chi connectivity index (χ3n) is 4.38. The number of amides is 1. The van der Waals surface area contributed by atoms with E-state index < -0.39 is 0 Å². The Bertz CT molecular complexity index is 460. The van der Waals surface area contributed by atoms with E-state index in [-0.39, 0.29) is 17.9 Å². The minimum absolute atomic E-state index is 0.0978. The van der Waals surface area contributed by atoms with E-state index in [4.69, 9.17) is 5.73 Å². The maximum Gasteiger partial charge on any atom is 0.239 e. The molecule has 2 N–H and O–H groups in total. The highest BCUT2D eigenvalue weighted by Crippen LogP contribution is 2.18. The highest BCUT2D eigenvalue weighted by molar-refractivity contribution is 5.82. The van der Waals surface area contributed by atoms with Crippen LogP contribution in [0.25, 0.3) is 0 Å². The van der Waals surface area contributed by atoms with E-state index in [9.17, 15) is 4.79 Å². The van der Waals surface area contributed by atoms with Gasteiger partial charge in [-0.2, -0.15) is 0 Å². The summed E-state index contributed by atoms with van der Waals surface area (Å²) >= 11 is 0. The molecule has 1 aliphatic heterocycles. The summed E-state index contributed by atoms with van der Waals surface area (Å²) in [6.07, 6.45) is 1.03. The molecule has 1 saturated heterocycles. The van der Waals surface area contributed by atoms with Gasteiger partial charge in [-0.1, -0.05) is 44.2 Å². The van der Waals surface area contributed by atoms with Gasteiger partial charge in [-0.15, -0.1) is 0 Å². The molecule has 1 amide bonds. The molecule has 4 nitrogen and oxygen atoms in total. The van der Waals surface area contributed by atoms with Crippen LogP contribution in [0.5, 0.6) is 0 Å². The van der Waals surface area contributed by atoms with Crippen molar-refractivity contribution in [1.29, 1.82) is 0 Å². The molecule has 1 aromatic rings. The van der Waals surface area contributed by atoms with E-state index in [0.29, 0.717) is 6.04 Å². The molecule has 0 bridgehead atoms. The summed E-state index contributed by atoms with van der Waals surface area (Å²) in [7, 11) is 2.13. The van der Waals surface area contributed by atoms with Crippen LogP contribution in [-0.4, -0.2) is 47.9 Å². The lowest BCUT2D eigenvalue weighted by Crippen LogP contribution is -2.46. The fourth-order valence-corrected chi connectivity index (χ4v) is 2.80. The van der Waals surface area contributed by atoms with Crippen molar-refractivity contribution in [1.82, 2.24) is 9.80 Å². The van der Waals surface area contributed by atoms with Gasteiger partial charge in [-0.05, 0) is 24.9 Å². The SMILES string of the molecule is CC(C)C(N)C(=O)N1CC[C@H](N(C)Cc2ccccc2)C1. The second kappa shape index (κ2) is 7.05. The maximum absolute atomic E-state index is 12.3. The largest absolute Gasteiger partial charge is 0.340 e. The van der Waals surface area contributed by atoms with E-state index in [2.05, 4.69) is 36.2 Å². The molecule has 4 heteroatoms. The number of carbonyl (C=O) groups excluding carboxylic acids is 1. The summed E-state index contributed by atoms with van der Waals surface area (Å²) in [5.41, 5.74) is 7.29. The zero-order chi connectivity index (χ0) is 15.4. The van der Waals surface area contributed by atoms with Crippen LogP contribution >= 0.6 is 0 Å². The third kappa shape index (κ3) is 4.05. The van der Waals surface area contributed by atoms with Gasteiger partial charge in [0.1, 0.15) is 0 Å². The van der Waals surface area contributed by atoms with Gasteiger partial charge in [0.2, 0.25) is 5.91 Å². The van der Waals surface area contributed by atoms with E-state index in [1.54, 1.807) is 0 Å². The topological polar surface area (TPSA) is 49.6 Å². The average molecular weight is 289 g/mol. The lowest BCUT2D eigenvalue weighted by molar-refractivity contribution is -0.132. The van der Waals surface area contributed by atoms with Gasteiger partial charge in [0.25, 0.3) is 0 Å². The molecule has 1 fully saturated rings. The van der Waals surface area contributed by atoms with Crippen molar-refractivity contribution >= 4 is 5.91 Å². The van der Waals surface area contributed by atoms with Crippen LogP contribution < -0.4 is 5.73 Å². The number of nitrogens with two attached hydrogens (primary N) is 1. The second-order valence-corrected chi connectivity index (χ2v) is 6.40. The van der Waals surface area contributed by atoms with Gasteiger partial charge in [0.05, 0.1) is 6.04 Å². The number of hydrogen-bond acceptors (Lipinski definition) is 3. The highest BCUT2D eigenvalue weighted by atomic mass is 16.2. The highest BCUT2D eigenvalue weighted by Gasteiger charge is 2.32. The zero-order valence-corrected chi connectivity index (χ0v) is 13.3. The number of carbonyl (C=O) groups is 1. The van der Waals surface area contributed by atoms with Crippen LogP contribution in [0.15, 0.2) is 30.3 Å². The summed E-state index contributed by atoms with van der Waals surface area (Å²) in [4.78, 5) is 16.6. The fraction of sp³-hybridized carbons (Fsp3) is 0.588. The molecule has 0 aliphatic carbocycles. The molecular weight excluding hydrogens is 262 g/mol. The third-order valence-corrected chi connectivity index (χ3v) is 4.38. The Hall–Kier alpha value is -1.39. The van der Waals surface area contributed by atoms with E-state index in [0.717, 1.165) is 26.1 Å². The molecule has 2 atom stereocenters. The average Bonchev–Trinajstić information content (AvgIpc) is 2.96. The number of benzene rings is 1. The molecule has 21 heavy (non-hydrogen) atoms.